The van der Waals surface area contributed by atoms with E-state index in [0.717, 1.165) is 11.1 Å². The van der Waals surface area contributed by atoms with E-state index in [1.165, 1.54) is 6.92 Å². The predicted octanol–water partition coefficient (Wildman–Crippen LogP) is 0.653. The normalized spacial score (nSPS) is 35.0. The summed E-state index contributed by atoms with van der Waals surface area (Å²) in [6, 6.07) is 0. The van der Waals surface area contributed by atoms with Crippen molar-refractivity contribution in [2.45, 2.75) is 39.4 Å². The smallest absolute Gasteiger partial charge is 0.135 e. The van der Waals surface area contributed by atoms with E-state index in [2.05, 4.69) is 0 Å². The van der Waals surface area contributed by atoms with Gasteiger partial charge in [0.15, 0.2) is 0 Å². The molecule has 0 bridgehead atoms. The minimum Gasteiger partial charge on any atom is -0.389 e. The van der Waals surface area contributed by atoms with Gasteiger partial charge in [-0.1, -0.05) is 0 Å². The number of aliphatic hydroxyl groups is 2. The van der Waals surface area contributed by atoms with Crippen LogP contribution in [0.15, 0.2) is 11.1 Å². The highest BCUT2D eigenvalue weighted by molar-refractivity contribution is 5.79. The summed E-state index contributed by atoms with van der Waals surface area (Å²) >= 11 is 0. The first kappa shape index (κ1) is 10.4. The summed E-state index contributed by atoms with van der Waals surface area (Å²) in [6.07, 6.45) is -0.933. The lowest BCUT2D eigenvalue weighted by molar-refractivity contribution is -0.125. The molecule has 0 heterocycles. The third kappa shape index (κ3) is 1.81. The van der Waals surface area contributed by atoms with Gasteiger partial charge in [-0.15, -0.1) is 0 Å². The molecule has 1 rings (SSSR count). The number of hydrogen-bond donors (Lipinski definition) is 2. The lowest BCUT2D eigenvalue weighted by atomic mass is 9.79. The van der Waals surface area contributed by atoms with Gasteiger partial charge in [-0.2, -0.15) is 0 Å². The van der Waals surface area contributed by atoms with Crippen LogP contribution in [0.25, 0.3) is 0 Å². The minimum atomic E-state index is -0.708. The van der Waals surface area contributed by atoms with Gasteiger partial charge in [0.2, 0.25) is 0 Å². The first-order valence-corrected chi connectivity index (χ1v) is 4.49. The van der Waals surface area contributed by atoms with E-state index in [1.54, 1.807) is 13.8 Å². The van der Waals surface area contributed by atoms with Crippen LogP contribution in [0, 0.1) is 5.92 Å². The topological polar surface area (TPSA) is 57.5 Å². The van der Waals surface area contributed by atoms with E-state index in [1.807, 2.05) is 0 Å². The van der Waals surface area contributed by atoms with Gasteiger partial charge in [0, 0.05) is 5.92 Å². The second-order valence-electron chi connectivity index (χ2n) is 3.78. The molecule has 0 saturated carbocycles. The lowest BCUT2D eigenvalue weighted by Crippen LogP contribution is -2.37. The molecule has 13 heavy (non-hydrogen) atoms. The molecule has 0 spiro atoms. The molecule has 1 aliphatic rings. The molecular weight excluding hydrogens is 168 g/mol. The van der Waals surface area contributed by atoms with Crippen LogP contribution in [0.5, 0.6) is 0 Å². The number of aliphatic hydroxyl groups excluding tert-OH is 2. The van der Waals surface area contributed by atoms with Gasteiger partial charge < -0.3 is 10.2 Å². The van der Waals surface area contributed by atoms with Gasteiger partial charge in [-0.25, -0.2) is 0 Å². The van der Waals surface area contributed by atoms with Crippen LogP contribution >= 0.6 is 0 Å². The van der Waals surface area contributed by atoms with Crippen molar-refractivity contribution >= 4 is 5.78 Å². The summed E-state index contributed by atoms with van der Waals surface area (Å²) in [5.74, 6) is -0.489. The van der Waals surface area contributed by atoms with Gasteiger partial charge in [0.05, 0.1) is 12.2 Å². The first-order valence-electron chi connectivity index (χ1n) is 4.49. The maximum Gasteiger partial charge on any atom is 0.135 e. The van der Waals surface area contributed by atoms with Crippen LogP contribution in [0.3, 0.4) is 0 Å². The molecular formula is C10H16O3. The molecule has 74 valence electrons. The Morgan fingerprint density at radius 2 is 1.85 bits per heavy atom. The first-order chi connectivity index (χ1) is 5.95. The van der Waals surface area contributed by atoms with Crippen molar-refractivity contribution in [2.24, 2.45) is 5.92 Å². The van der Waals surface area contributed by atoms with Crippen molar-refractivity contribution in [3.8, 4) is 0 Å². The monoisotopic (exact) mass is 184 g/mol. The maximum absolute atomic E-state index is 11.1. The Bertz CT molecular complexity index is 255. The number of carbonyl (C=O) groups excluding carboxylic acids is 1. The molecule has 2 N–H and O–H groups in total. The van der Waals surface area contributed by atoms with Gasteiger partial charge in [-0.05, 0) is 38.3 Å². The second kappa shape index (κ2) is 3.60. The van der Waals surface area contributed by atoms with E-state index < -0.39 is 18.1 Å². The largest absolute Gasteiger partial charge is 0.389 e. The predicted molar refractivity (Wildman–Crippen MR) is 49.2 cm³/mol. The van der Waals surface area contributed by atoms with Crippen LogP contribution in [-0.4, -0.2) is 28.2 Å². The number of hydrogen-bond acceptors (Lipinski definition) is 3. The Balaban J connectivity index is 2.95. The highest BCUT2D eigenvalue weighted by atomic mass is 16.3. The highest BCUT2D eigenvalue weighted by Crippen LogP contribution is 2.30. The summed E-state index contributed by atoms with van der Waals surface area (Å²) < 4.78 is 0. The summed E-state index contributed by atoms with van der Waals surface area (Å²) in [5.41, 5.74) is 1.53. The van der Waals surface area contributed by atoms with Crippen LogP contribution in [-0.2, 0) is 4.79 Å². The Kier molecular flexibility index (Phi) is 2.88. The Labute approximate surface area is 78.1 Å². The third-order valence-electron chi connectivity index (χ3n) is 2.95. The van der Waals surface area contributed by atoms with E-state index in [4.69, 9.17) is 0 Å². The summed E-state index contributed by atoms with van der Waals surface area (Å²) in [6.45, 7) is 5.01. The summed E-state index contributed by atoms with van der Waals surface area (Å²) in [4.78, 5) is 11.1. The summed E-state index contributed by atoms with van der Waals surface area (Å²) in [5, 5.41) is 19.3. The van der Waals surface area contributed by atoms with E-state index in [-0.39, 0.29) is 5.78 Å². The van der Waals surface area contributed by atoms with Gasteiger partial charge in [0.25, 0.3) is 0 Å². The van der Waals surface area contributed by atoms with Crippen LogP contribution < -0.4 is 0 Å². The van der Waals surface area contributed by atoms with Crippen molar-refractivity contribution < 1.29 is 15.0 Å². The zero-order valence-corrected chi connectivity index (χ0v) is 8.24. The molecule has 0 fully saturated rings. The second-order valence-corrected chi connectivity index (χ2v) is 3.78. The third-order valence-corrected chi connectivity index (χ3v) is 2.95. The molecule has 3 nitrogen and oxygen atoms in total. The number of carbonyl (C=O) groups is 1. The molecule has 0 aliphatic heterocycles. The molecule has 0 saturated heterocycles. The molecule has 3 heteroatoms. The fraction of sp³-hybridized carbons (Fsp3) is 0.700. The molecule has 3 unspecified atom stereocenters. The summed E-state index contributed by atoms with van der Waals surface area (Å²) in [7, 11) is 0. The molecule has 0 aromatic carbocycles. The molecule has 1 aliphatic carbocycles. The molecule has 0 aromatic heterocycles. The van der Waals surface area contributed by atoms with Crippen molar-refractivity contribution in [3.05, 3.63) is 11.1 Å². The van der Waals surface area contributed by atoms with Gasteiger partial charge >= 0.3 is 0 Å². The molecule has 0 amide bonds. The van der Waals surface area contributed by atoms with Crippen molar-refractivity contribution in [2.75, 3.05) is 0 Å². The fourth-order valence-electron chi connectivity index (χ4n) is 1.73. The van der Waals surface area contributed by atoms with Crippen LogP contribution in [0.4, 0.5) is 0 Å². The number of ketones is 1. The Morgan fingerprint density at radius 1 is 1.31 bits per heavy atom. The maximum atomic E-state index is 11.1. The zero-order chi connectivity index (χ0) is 10.2. The van der Waals surface area contributed by atoms with Gasteiger partial charge in [-0.3, -0.25) is 4.79 Å². The average molecular weight is 184 g/mol. The van der Waals surface area contributed by atoms with Crippen molar-refractivity contribution in [3.63, 3.8) is 0 Å². The molecule has 0 aromatic rings. The lowest BCUT2D eigenvalue weighted by Gasteiger charge is -2.31. The van der Waals surface area contributed by atoms with Gasteiger partial charge in [0.1, 0.15) is 5.78 Å². The quantitative estimate of drug-likeness (QED) is 0.588. The van der Waals surface area contributed by atoms with Crippen LogP contribution in [0.2, 0.25) is 0 Å². The van der Waals surface area contributed by atoms with Crippen molar-refractivity contribution in [1.29, 1.82) is 0 Å². The van der Waals surface area contributed by atoms with Crippen LogP contribution in [0.1, 0.15) is 27.2 Å². The van der Waals surface area contributed by atoms with Crippen molar-refractivity contribution in [1.82, 2.24) is 0 Å². The van der Waals surface area contributed by atoms with E-state index in [0.29, 0.717) is 6.42 Å². The standard InChI is InChI=1S/C10H16O3/c1-5-6(2)10(13)8(7(3)11)4-9(5)12/h8-10,12-13H,4H2,1-3H3. The zero-order valence-electron chi connectivity index (χ0n) is 8.24. The molecule has 3 atom stereocenters. The fourth-order valence-corrected chi connectivity index (χ4v) is 1.73. The Hall–Kier alpha value is -0.670. The SMILES string of the molecule is CC(=O)C1CC(O)C(C)=C(C)C1O. The highest BCUT2D eigenvalue weighted by Gasteiger charge is 2.33. The van der Waals surface area contributed by atoms with E-state index >= 15 is 0 Å². The molecule has 0 radical (unpaired) electrons. The minimum absolute atomic E-state index is 0.0570. The average Bonchev–Trinajstić information content (AvgIpc) is 2.07. The van der Waals surface area contributed by atoms with E-state index in [9.17, 15) is 15.0 Å². The Morgan fingerprint density at radius 3 is 2.31 bits per heavy atom. The number of Topliss-reactive ketones (excluding diaryl/α,β-unsaturated/α-hetero) is 1. The number of rotatable bonds is 1.